The van der Waals surface area contributed by atoms with Crippen molar-refractivity contribution in [3.8, 4) is 11.5 Å². The summed E-state index contributed by atoms with van der Waals surface area (Å²) in [4.78, 5) is 5.58. The number of hydrogen-bond acceptors (Lipinski definition) is 3. The molecule has 0 N–H and O–H groups in total. The van der Waals surface area contributed by atoms with Gasteiger partial charge in [0, 0.05) is 31.0 Å². The van der Waals surface area contributed by atoms with E-state index in [1.165, 1.54) is 12.1 Å². The lowest BCUT2D eigenvalue weighted by atomic mass is 10.2. The van der Waals surface area contributed by atoms with Crippen LogP contribution in [0.4, 0.5) is 18.9 Å². The Morgan fingerprint density at radius 2 is 1.82 bits per heavy atom. The number of ether oxygens (including phenoxy) is 1. The number of anilines is 1. The summed E-state index contributed by atoms with van der Waals surface area (Å²) in [5, 5.41) is 0. The van der Waals surface area contributed by atoms with E-state index in [0.29, 0.717) is 5.75 Å². The zero-order chi connectivity index (χ0) is 15.6. The number of rotatable bonds is 3. The van der Waals surface area contributed by atoms with E-state index in [9.17, 15) is 13.2 Å². The molecule has 0 amide bonds. The number of halogens is 3. The molecular weight excluding hydrogens is 293 g/mol. The minimum atomic E-state index is -4.54. The van der Waals surface area contributed by atoms with E-state index in [1.807, 2.05) is 6.07 Å². The van der Waals surface area contributed by atoms with Crippen LogP contribution >= 0.6 is 0 Å². The molecule has 2 aromatic rings. The lowest BCUT2D eigenvalue weighted by molar-refractivity contribution is -0.142. The summed E-state index contributed by atoms with van der Waals surface area (Å²) >= 11 is 0. The number of aromatic nitrogens is 1. The summed E-state index contributed by atoms with van der Waals surface area (Å²) in [6, 6.07) is 9.83. The van der Waals surface area contributed by atoms with Crippen LogP contribution in [0.1, 0.15) is 18.5 Å². The van der Waals surface area contributed by atoms with Crippen molar-refractivity contribution < 1.29 is 17.9 Å². The van der Waals surface area contributed by atoms with Crippen molar-refractivity contribution in [2.24, 2.45) is 0 Å². The maximum absolute atomic E-state index is 12.9. The molecule has 0 aliphatic carbocycles. The standard InChI is InChI=1S/C16H15F3N2O/c17-16(18,19)15-14(7-4-8-20-15)22-13-6-3-5-12(11-13)21-9-1-2-10-21/h3-8,11H,1-2,9-10H2. The van der Waals surface area contributed by atoms with Gasteiger partial charge in [0.25, 0.3) is 0 Å². The maximum Gasteiger partial charge on any atom is 0.437 e. The van der Waals surface area contributed by atoms with Gasteiger partial charge in [0.1, 0.15) is 5.75 Å². The first-order chi connectivity index (χ1) is 10.5. The highest BCUT2D eigenvalue weighted by Gasteiger charge is 2.36. The summed E-state index contributed by atoms with van der Waals surface area (Å²) in [7, 11) is 0. The zero-order valence-electron chi connectivity index (χ0n) is 11.8. The molecule has 3 rings (SSSR count). The fourth-order valence-corrected chi connectivity index (χ4v) is 2.53. The first kappa shape index (κ1) is 14.7. The molecule has 0 bridgehead atoms. The van der Waals surface area contributed by atoms with Gasteiger partial charge in [0.2, 0.25) is 0 Å². The largest absolute Gasteiger partial charge is 0.455 e. The molecule has 1 aromatic heterocycles. The number of benzene rings is 1. The van der Waals surface area contributed by atoms with E-state index in [1.54, 1.807) is 18.2 Å². The second kappa shape index (κ2) is 5.87. The summed E-state index contributed by atoms with van der Waals surface area (Å²) in [5.74, 6) is 0.0940. The van der Waals surface area contributed by atoms with Gasteiger partial charge in [-0.2, -0.15) is 13.2 Å². The molecule has 0 spiro atoms. The average Bonchev–Trinajstić information content (AvgIpc) is 3.01. The third kappa shape index (κ3) is 3.16. The van der Waals surface area contributed by atoms with Crippen LogP contribution in [0.15, 0.2) is 42.6 Å². The minimum absolute atomic E-state index is 0.284. The average molecular weight is 308 g/mol. The molecule has 0 saturated carbocycles. The Hall–Kier alpha value is -2.24. The lowest BCUT2D eigenvalue weighted by Crippen LogP contribution is -2.17. The van der Waals surface area contributed by atoms with Gasteiger partial charge < -0.3 is 9.64 Å². The predicted molar refractivity (Wildman–Crippen MR) is 77.2 cm³/mol. The zero-order valence-corrected chi connectivity index (χ0v) is 11.8. The van der Waals surface area contributed by atoms with Gasteiger partial charge in [0.05, 0.1) is 0 Å². The van der Waals surface area contributed by atoms with E-state index in [0.717, 1.165) is 37.8 Å². The highest BCUT2D eigenvalue weighted by atomic mass is 19.4. The smallest absolute Gasteiger partial charge is 0.437 e. The van der Waals surface area contributed by atoms with Crippen molar-refractivity contribution in [3.63, 3.8) is 0 Å². The number of hydrogen-bond donors (Lipinski definition) is 0. The fourth-order valence-electron chi connectivity index (χ4n) is 2.53. The molecule has 6 heteroatoms. The van der Waals surface area contributed by atoms with E-state index in [2.05, 4.69) is 9.88 Å². The van der Waals surface area contributed by atoms with Gasteiger partial charge in [-0.15, -0.1) is 0 Å². The summed E-state index contributed by atoms with van der Waals surface area (Å²) in [6.07, 6.45) is -1.17. The van der Waals surface area contributed by atoms with Crippen molar-refractivity contribution in [1.29, 1.82) is 0 Å². The third-order valence-corrected chi connectivity index (χ3v) is 3.56. The molecule has 3 nitrogen and oxygen atoms in total. The van der Waals surface area contributed by atoms with Crippen LogP contribution in [0.5, 0.6) is 11.5 Å². The van der Waals surface area contributed by atoms with Gasteiger partial charge in [-0.1, -0.05) is 6.07 Å². The monoisotopic (exact) mass is 308 g/mol. The van der Waals surface area contributed by atoms with Crippen LogP contribution in [0.3, 0.4) is 0 Å². The van der Waals surface area contributed by atoms with E-state index in [-0.39, 0.29) is 5.75 Å². The Labute approximate surface area is 126 Å². The van der Waals surface area contributed by atoms with Crippen LogP contribution in [0.2, 0.25) is 0 Å². The van der Waals surface area contributed by atoms with Gasteiger partial charge in [0.15, 0.2) is 11.4 Å². The first-order valence-corrected chi connectivity index (χ1v) is 7.09. The molecular formula is C16H15F3N2O. The number of alkyl halides is 3. The Balaban J connectivity index is 1.86. The van der Waals surface area contributed by atoms with Crippen LogP contribution in [-0.4, -0.2) is 18.1 Å². The Morgan fingerprint density at radius 3 is 2.55 bits per heavy atom. The van der Waals surface area contributed by atoms with Crippen molar-refractivity contribution in [2.45, 2.75) is 19.0 Å². The van der Waals surface area contributed by atoms with E-state index >= 15 is 0 Å². The van der Waals surface area contributed by atoms with Crippen LogP contribution in [0.25, 0.3) is 0 Å². The molecule has 0 atom stereocenters. The van der Waals surface area contributed by atoms with Crippen molar-refractivity contribution in [3.05, 3.63) is 48.3 Å². The van der Waals surface area contributed by atoms with Gasteiger partial charge in [-0.25, -0.2) is 4.98 Å². The highest BCUT2D eigenvalue weighted by Crippen LogP contribution is 2.37. The van der Waals surface area contributed by atoms with Gasteiger partial charge in [-0.05, 0) is 37.1 Å². The van der Waals surface area contributed by atoms with Gasteiger partial charge >= 0.3 is 6.18 Å². The quantitative estimate of drug-likeness (QED) is 0.835. The molecule has 0 radical (unpaired) electrons. The van der Waals surface area contributed by atoms with Crippen molar-refractivity contribution in [1.82, 2.24) is 4.98 Å². The van der Waals surface area contributed by atoms with E-state index in [4.69, 9.17) is 4.74 Å². The topological polar surface area (TPSA) is 25.4 Å². The lowest BCUT2D eigenvalue weighted by Gasteiger charge is -2.19. The predicted octanol–water partition coefficient (Wildman–Crippen LogP) is 4.49. The Morgan fingerprint density at radius 1 is 1.05 bits per heavy atom. The molecule has 2 heterocycles. The summed E-state index contributed by atoms with van der Waals surface area (Å²) in [6.45, 7) is 1.92. The van der Waals surface area contributed by atoms with Gasteiger partial charge in [-0.3, -0.25) is 0 Å². The van der Waals surface area contributed by atoms with E-state index < -0.39 is 11.9 Å². The maximum atomic E-state index is 12.9. The molecule has 1 fully saturated rings. The normalized spacial score (nSPS) is 15.1. The molecule has 22 heavy (non-hydrogen) atoms. The first-order valence-electron chi connectivity index (χ1n) is 7.09. The van der Waals surface area contributed by atoms with Crippen LogP contribution < -0.4 is 9.64 Å². The molecule has 1 aromatic carbocycles. The van der Waals surface area contributed by atoms with Crippen LogP contribution in [-0.2, 0) is 6.18 Å². The second-order valence-electron chi connectivity index (χ2n) is 5.14. The SMILES string of the molecule is FC(F)(F)c1ncccc1Oc1cccc(N2CCCC2)c1. The number of nitrogens with zero attached hydrogens (tertiary/aromatic N) is 2. The van der Waals surface area contributed by atoms with Crippen molar-refractivity contribution >= 4 is 5.69 Å². The molecule has 0 unspecified atom stereocenters. The summed E-state index contributed by atoms with van der Waals surface area (Å²) < 4.78 is 44.2. The van der Waals surface area contributed by atoms with Crippen LogP contribution in [0, 0.1) is 0 Å². The molecule has 1 aliphatic rings. The fraction of sp³-hybridized carbons (Fsp3) is 0.312. The molecule has 1 aliphatic heterocycles. The Bertz CT molecular complexity index is 652. The second-order valence-corrected chi connectivity index (χ2v) is 5.14. The van der Waals surface area contributed by atoms with Crippen molar-refractivity contribution in [2.75, 3.05) is 18.0 Å². The molecule has 1 saturated heterocycles. The Kier molecular flexibility index (Phi) is 3.92. The number of pyridine rings is 1. The minimum Gasteiger partial charge on any atom is -0.455 e. The summed E-state index contributed by atoms with van der Waals surface area (Å²) in [5.41, 5.74) is -0.0472. The highest BCUT2D eigenvalue weighted by molar-refractivity contribution is 5.52. The molecule has 116 valence electrons. The third-order valence-electron chi connectivity index (χ3n) is 3.56.